The number of anilines is 1. The smallest absolute Gasteiger partial charge is 0.255 e. The van der Waals surface area contributed by atoms with Crippen LogP contribution in [-0.2, 0) is 13.0 Å². The van der Waals surface area contributed by atoms with Crippen LogP contribution in [0.25, 0.3) is 0 Å². The van der Waals surface area contributed by atoms with Crippen LogP contribution in [0.15, 0.2) is 53.9 Å². The highest BCUT2D eigenvalue weighted by molar-refractivity contribution is 7.09. The highest BCUT2D eigenvalue weighted by atomic mass is 32.1. The number of carbonyl (C=O) groups excluding carboxylic acids is 1. The SMILES string of the molecule is Cc1nc(COc2ccc(C(=O)Nc3ccc(CC#N)cc3)cc2)cs1. The number of aromatic nitrogens is 1. The molecule has 5 nitrogen and oxygen atoms in total. The summed E-state index contributed by atoms with van der Waals surface area (Å²) in [7, 11) is 0. The second-order valence-corrected chi connectivity index (χ2v) is 6.72. The quantitative estimate of drug-likeness (QED) is 0.706. The molecule has 1 amide bonds. The summed E-state index contributed by atoms with van der Waals surface area (Å²) in [5.74, 6) is 0.493. The van der Waals surface area contributed by atoms with E-state index in [0.29, 0.717) is 30.0 Å². The van der Waals surface area contributed by atoms with Crippen molar-refractivity contribution in [1.82, 2.24) is 4.98 Å². The molecule has 6 heteroatoms. The van der Waals surface area contributed by atoms with Gasteiger partial charge in [-0.1, -0.05) is 12.1 Å². The van der Waals surface area contributed by atoms with Crippen molar-refractivity contribution in [3.63, 3.8) is 0 Å². The molecule has 1 N–H and O–H groups in total. The number of hydrogen-bond acceptors (Lipinski definition) is 5. The number of aryl methyl sites for hydroxylation is 1. The topological polar surface area (TPSA) is 75.0 Å². The fourth-order valence-electron chi connectivity index (χ4n) is 2.33. The Morgan fingerprint density at radius 2 is 1.92 bits per heavy atom. The minimum Gasteiger partial charge on any atom is -0.487 e. The number of carbonyl (C=O) groups is 1. The number of hydrogen-bond donors (Lipinski definition) is 1. The number of amides is 1. The van der Waals surface area contributed by atoms with Gasteiger partial charge in [0.15, 0.2) is 0 Å². The van der Waals surface area contributed by atoms with Crippen LogP contribution in [-0.4, -0.2) is 10.9 Å². The van der Waals surface area contributed by atoms with Gasteiger partial charge in [-0.2, -0.15) is 5.26 Å². The van der Waals surface area contributed by atoms with E-state index in [4.69, 9.17) is 10.00 Å². The molecule has 0 aliphatic rings. The predicted octanol–water partition coefficient (Wildman–Crippen LogP) is 4.35. The third-order valence-electron chi connectivity index (χ3n) is 3.66. The molecule has 0 saturated carbocycles. The first-order valence-corrected chi connectivity index (χ1v) is 8.93. The van der Waals surface area contributed by atoms with Crippen LogP contribution in [0.2, 0.25) is 0 Å². The Kier molecular flexibility index (Phi) is 5.62. The molecular formula is C20H17N3O2S. The first kappa shape index (κ1) is 17.6. The summed E-state index contributed by atoms with van der Waals surface area (Å²) in [6.45, 7) is 2.36. The summed E-state index contributed by atoms with van der Waals surface area (Å²) >= 11 is 1.59. The summed E-state index contributed by atoms with van der Waals surface area (Å²) in [6.07, 6.45) is 0.357. The second-order valence-electron chi connectivity index (χ2n) is 5.66. The minimum absolute atomic E-state index is 0.195. The number of rotatable bonds is 6. The average molecular weight is 363 g/mol. The van der Waals surface area contributed by atoms with E-state index < -0.39 is 0 Å². The van der Waals surface area contributed by atoms with Crippen molar-refractivity contribution in [3.8, 4) is 11.8 Å². The van der Waals surface area contributed by atoms with Gasteiger partial charge in [-0.3, -0.25) is 4.79 Å². The van der Waals surface area contributed by atoms with Gasteiger partial charge in [-0.05, 0) is 48.9 Å². The Balaban J connectivity index is 1.57. The number of nitriles is 1. The first-order chi connectivity index (χ1) is 12.6. The van der Waals surface area contributed by atoms with Crippen LogP contribution in [0, 0.1) is 18.3 Å². The van der Waals surface area contributed by atoms with E-state index in [9.17, 15) is 4.79 Å². The molecule has 0 bridgehead atoms. The normalized spacial score (nSPS) is 10.2. The van der Waals surface area contributed by atoms with Crippen molar-refractivity contribution in [1.29, 1.82) is 5.26 Å². The fraction of sp³-hybridized carbons (Fsp3) is 0.150. The molecule has 26 heavy (non-hydrogen) atoms. The molecule has 3 rings (SSSR count). The highest BCUT2D eigenvalue weighted by Gasteiger charge is 2.07. The van der Waals surface area contributed by atoms with E-state index in [-0.39, 0.29) is 5.91 Å². The monoisotopic (exact) mass is 363 g/mol. The van der Waals surface area contributed by atoms with Gasteiger partial charge < -0.3 is 10.1 Å². The van der Waals surface area contributed by atoms with E-state index >= 15 is 0 Å². The van der Waals surface area contributed by atoms with E-state index in [1.54, 1.807) is 47.7 Å². The predicted molar refractivity (Wildman–Crippen MR) is 101 cm³/mol. The van der Waals surface area contributed by atoms with Crippen LogP contribution in [0.3, 0.4) is 0 Å². The lowest BCUT2D eigenvalue weighted by molar-refractivity contribution is 0.102. The molecule has 3 aromatic rings. The molecular weight excluding hydrogens is 346 g/mol. The number of benzene rings is 2. The first-order valence-electron chi connectivity index (χ1n) is 8.05. The minimum atomic E-state index is -0.195. The summed E-state index contributed by atoms with van der Waals surface area (Å²) in [6, 6.07) is 16.3. The van der Waals surface area contributed by atoms with Gasteiger partial charge in [0.05, 0.1) is 23.2 Å². The maximum atomic E-state index is 12.3. The molecule has 130 valence electrons. The van der Waals surface area contributed by atoms with Crippen molar-refractivity contribution in [2.75, 3.05) is 5.32 Å². The van der Waals surface area contributed by atoms with Crippen molar-refractivity contribution < 1.29 is 9.53 Å². The third kappa shape index (κ3) is 4.68. The molecule has 0 aliphatic heterocycles. The highest BCUT2D eigenvalue weighted by Crippen LogP contribution is 2.17. The van der Waals surface area contributed by atoms with E-state index in [2.05, 4.69) is 16.4 Å². The maximum absolute atomic E-state index is 12.3. The molecule has 0 atom stereocenters. The largest absolute Gasteiger partial charge is 0.487 e. The Morgan fingerprint density at radius 3 is 2.54 bits per heavy atom. The fourth-order valence-corrected chi connectivity index (χ4v) is 2.93. The molecule has 0 spiro atoms. The van der Waals surface area contributed by atoms with Crippen molar-refractivity contribution in [2.45, 2.75) is 20.0 Å². The van der Waals surface area contributed by atoms with Crippen LogP contribution in [0.1, 0.15) is 26.6 Å². The maximum Gasteiger partial charge on any atom is 0.255 e. The van der Waals surface area contributed by atoms with Crippen molar-refractivity contribution in [2.24, 2.45) is 0 Å². The molecule has 1 heterocycles. The number of ether oxygens (including phenoxy) is 1. The Morgan fingerprint density at radius 1 is 1.19 bits per heavy atom. The van der Waals surface area contributed by atoms with Gasteiger partial charge >= 0.3 is 0 Å². The lowest BCUT2D eigenvalue weighted by Gasteiger charge is -2.08. The number of thiazole rings is 1. The summed E-state index contributed by atoms with van der Waals surface area (Å²) in [5.41, 5.74) is 3.05. The van der Waals surface area contributed by atoms with Gasteiger partial charge in [0.2, 0.25) is 0 Å². The Labute approximate surface area is 155 Å². The zero-order valence-electron chi connectivity index (χ0n) is 14.2. The van der Waals surface area contributed by atoms with Gasteiger partial charge in [-0.15, -0.1) is 11.3 Å². The summed E-state index contributed by atoms with van der Waals surface area (Å²) in [4.78, 5) is 16.7. The van der Waals surface area contributed by atoms with E-state index in [1.165, 1.54) is 0 Å². The van der Waals surface area contributed by atoms with Gasteiger partial charge in [0.1, 0.15) is 12.4 Å². The lowest BCUT2D eigenvalue weighted by atomic mass is 10.1. The van der Waals surface area contributed by atoms with Crippen molar-refractivity contribution in [3.05, 3.63) is 75.7 Å². The molecule has 0 saturated heterocycles. The van der Waals surface area contributed by atoms with Gasteiger partial charge in [0, 0.05) is 16.6 Å². The molecule has 2 aromatic carbocycles. The van der Waals surface area contributed by atoms with E-state index in [0.717, 1.165) is 16.3 Å². The number of nitrogens with one attached hydrogen (secondary N) is 1. The van der Waals surface area contributed by atoms with Crippen LogP contribution < -0.4 is 10.1 Å². The Bertz CT molecular complexity index is 925. The summed E-state index contributed by atoms with van der Waals surface area (Å²) in [5, 5.41) is 14.5. The molecule has 0 aliphatic carbocycles. The second kappa shape index (κ2) is 8.28. The average Bonchev–Trinajstić information content (AvgIpc) is 3.07. The number of nitrogens with zero attached hydrogens (tertiary/aromatic N) is 2. The van der Waals surface area contributed by atoms with Crippen LogP contribution in [0.5, 0.6) is 5.75 Å². The lowest BCUT2D eigenvalue weighted by Crippen LogP contribution is -2.11. The van der Waals surface area contributed by atoms with Gasteiger partial charge in [0.25, 0.3) is 5.91 Å². The zero-order chi connectivity index (χ0) is 18.4. The third-order valence-corrected chi connectivity index (χ3v) is 4.49. The molecule has 1 aromatic heterocycles. The molecule has 0 radical (unpaired) electrons. The Hall–Kier alpha value is -3.17. The summed E-state index contributed by atoms with van der Waals surface area (Å²) < 4.78 is 5.68. The van der Waals surface area contributed by atoms with Crippen LogP contribution in [0.4, 0.5) is 5.69 Å². The molecule has 0 fully saturated rings. The van der Waals surface area contributed by atoms with Crippen molar-refractivity contribution >= 4 is 22.9 Å². The standard InChI is InChI=1S/C20H17N3O2S/c1-14-22-18(13-26-14)12-25-19-8-4-16(5-9-19)20(24)23-17-6-2-15(3-7-17)10-11-21/h2-9,13H,10,12H2,1H3,(H,23,24). The van der Waals surface area contributed by atoms with Crippen LogP contribution >= 0.6 is 11.3 Å². The zero-order valence-corrected chi connectivity index (χ0v) is 15.0. The van der Waals surface area contributed by atoms with E-state index in [1.807, 2.05) is 24.4 Å². The molecule has 0 unspecified atom stereocenters. The van der Waals surface area contributed by atoms with Gasteiger partial charge in [-0.25, -0.2) is 4.98 Å².